The van der Waals surface area contributed by atoms with E-state index in [2.05, 4.69) is 15.5 Å². The molecular weight excluding hydrogens is 338 g/mol. The second kappa shape index (κ2) is 6.72. The number of aromatic nitrogens is 4. The molecule has 2 heterocycles. The van der Waals surface area contributed by atoms with E-state index in [9.17, 15) is 4.79 Å². The van der Waals surface area contributed by atoms with Crippen molar-refractivity contribution < 1.29 is 4.79 Å². The number of amides is 1. The van der Waals surface area contributed by atoms with Crippen molar-refractivity contribution in [2.75, 3.05) is 5.32 Å². The fourth-order valence-corrected chi connectivity index (χ4v) is 2.72. The lowest BCUT2D eigenvalue weighted by Crippen LogP contribution is -2.16. The van der Waals surface area contributed by atoms with Gasteiger partial charge in [0.1, 0.15) is 6.67 Å². The first kappa shape index (κ1) is 17.2. The smallest absolute Gasteiger partial charge is 0.276 e. The van der Waals surface area contributed by atoms with Crippen molar-refractivity contribution in [1.29, 1.82) is 0 Å². The van der Waals surface area contributed by atoms with Crippen LogP contribution in [0.4, 0.5) is 5.69 Å². The van der Waals surface area contributed by atoms with Gasteiger partial charge in [0.05, 0.1) is 16.4 Å². The monoisotopic (exact) mass is 357 g/mol. The summed E-state index contributed by atoms with van der Waals surface area (Å²) in [6.45, 7) is 8.16. The molecule has 0 radical (unpaired) electrons. The van der Waals surface area contributed by atoms with Crippen LogP contribution >= 0.6 is 11.6 Å². The summed E-state index contributed by atoms with van der Waals surface area (Å²) >= 11 is 6.16. The minimum Gasteiger partial charge on any atom is -0.320 e. The van der Waals surface area contributed by atoms with Crippen LogP contribution in [0.3, 0.4) is 0 Å². The van der Waals surface area contributed by atoms with Gasteiger partial charge in [0, 0.05) is 11.9 Å². The van der Waals surface area contributed by atoms with Gasteiger partial charge >= 0.3 is 0 Å². The first-order chi connectivity index (χ1) is 11.9. The van der Waals surface area contributed by atoms with Gasteiger partial charge in [0.2, 0.25) is 0 Å². The van der Waals surface area contributed by atoms with Crippen LogP contribution in [0.2, 0.25) is 5.02 Å². The van der Waals surface area contributed by atoms with Crippen LogP contribution in [0.25, 0.3) is 0 Å². The van der Waals surface area contributed by atoms with Crippen LogP contribution in [-0.4, -0.2) is 25.5 Å². The maximum atomic E-state index is 12.4. The molecule has 0 atom stereocenters. The van der Waals surface area contributed by atoms with E-state index in [-0.39, 0.29) is 5.91 Å². The molecule has 130 valence electrons. The molecule has 0 saturated carbocycles. The Morgan fingerprint density at radius 3 is 2.60 bits per heavy atom. The number of anilines is 1. The lowest BCUT2D eigenvalue weighted by atomic mass is 10.1. The third-order valence-corrected chi connectivity index (χ3v) is 4.85. The first-order valence-corrected chi connectivity index (χ1v) is 8.35. The summed E-state index contributed by atoms with van der Waals surface area (Å²) in [5, 5.41) is 12.3. The molecule has 0 aliphatic carbocycles. The lowest BCUT2D eigenvalue weighted by Gasteiger charge is -2.09. The van der Waals surface area contributed by atoms with Crippen LogP contribution in [0.5, 0.6) is 0 Å². The summed E-state index contributed by atoms with van der Waals surface area (Å²) in [4.78, 5) is 12.4. The zero-order valence-electron chi connectivity index (χ0n) is 14.7. The molecule has 0 aliphatic rings. The quantitative estimate of drug-likeness (QED) is 0.773. The Bertz CT molecular complexity index is 941. The van der Waals surface area contributed by atoms with Crippen molar-refractivity contribution in [3.05, 3.63) is 63.7 Å². The Balaban J connectivity index is 1.75. The van der Waals surface area contributed by atoms with E-state index in [1.54, 1.807) is 21.6 Å². The minimum atomic E-state index is -0.237. The molecule has 1 N–H and O–H groups in total. The van der Waals surface area contributed by atoms with E-state index in [0.717, 1.165) is 28.2 Å². The molecule has 0 fully saturated rings. The van der Waals surface area contributed by atoms with Crippen molar-refractivity contribution in [3.8, 4) is 0 Å². The van der Waals surface area contributed by atoms with Gasteiger partial charge in [0.15, 0.2) is 5.69 Å². The molecule has 1 amide bonds. The number of hydrogen-bond acceptors (Lipinski definition) is 3. The number of nitrogens with one attached hydrogen (secondary N) is 1. The van der Waals surface area contributed by atoms with Gasteiger partial charge < -0.3 is 5.32 Å². The van der Waals surface area contributed by atoms with Crippen LogP contribution in [0, 0.1) is 27.7 Å². The summed E-state index contributed by atoms with van der Waals surface area (Å²) in [7, 11) is 0. The molecule has 25 heavy (non-hydrogen) atoms. The molecule has 0 bridgehead atoms. The number of benzene rings is 1. The minimum absolute atomic E-state index is 0.237. The van der Waals surface area contributed by atoms with Crippen LogP contribution in [0.1, 0.15) is 33.0 Å². The second-order valence-corrected chi connectivity index (χ2v) is 6.45. The number of carbonyl (C=O) groups excluding carboxylic acids is 1. The van der Waals surface area contributed by atoms with Gasteiger partial charge in [0.25, 0.3) is 5.91 Å². The Kier molecular flexibility index (Phi) is 4.63. The fraction of sp³-hybridized carbons (Fsp3) is 0.278. The maximum absolute atomic E-state index is 12.4. The van der Waals surface area contributed by atoms with Gasteiger partial charge in [-0.05, 0) is 51.0 Å². The first-order valence-electron chi connectivity index (χ1n) is 7.97. The average molecular weight is 358 g/mol. The largest absolute Gasteiger partial charge is 0.320 e. The van der Waals surface area contributed by atoms with Crippen molar-refractivity contribution in [2.24, 2.45) is 0 Å². The van der Waals surface area contributed by atoms with Crippen molar-refractivity contribution in [1.82, 2.24) is 19.6 Å². The van der Waals surface area contributed by atoms with Gasteiger partial charge in [-0.25, -0.2) is 4.68 Å². The highest BCUT2D eigenvalue weighted by Gasteiger charge is 2.13. The normalized spacial score (nSPS) is 10.9. The molecular formula is C18H20ClN5O. The summed E-state index contributed by atoms with van der Waals surface area (Å²) in [6, 6.07) is 7.51. The third kappa shape index (κ3) is 3.44. The number of nitrogens with zero attached hydrogens (tertiary/aromatic N) is 4. The zero-order chi connectivity index (χ0) is 18.1. The number of aryl methyl sites for hydroxylation is 2. The topological polar surface area (TPSA) is 64.7 Å². The average Bonchev–Trinajstić information content (AvgIpc) is 3.13. The van der Waals surface area contributed by atoms with Crippen LogP contribution in [-0.2, 0) is 6.67 Å². The highest BCUT2D eigenvalue weighted by atomic mass is 35.5. The van der Waals surface area contributed by atoms with Gasteiger partial charge in [-0.15, -0.1) is 0 Å². The summed E-state index contributed by atoms with van der Waals surface area (Å²) in [5.74, 6) is -0.237. The SMILES string of the molecule is Cc1cccc(NC(=O)c2ccn(Cn3nc(C)c(Cl)c3C)n2)c1C. The summed E-state index contributed by atoms with van der Waals surface area (Å²) in [6.07, 6.45) is 1.75. The van der Waals surface area contributed by atoms with Crippen LogP contribution in [0.15, 0.2) is 30.5 Å². The molecule has 0 aliphatic heterocycles. The summed E-state index contributed by atoms with van der Waals surface area (Å²) < 4.78 is 3.42. The highest BCUT2D eigenvalue weighted by molar-refractivity contribution is 6.31. The predicted octanol–water partition coefficient (Wildman–Crippen LogP) is 3.72. The van der Waals surface area contributed by atoms with Crippen molar-refractivity contribution in [2.45, 2.75) is 34.4 Å². The van der Waals surface area contributed by atoms with E-state index in [1.165, 1.54) is 0 Å². The van der Waals surface area contributed by atoms with Gasteiger partial charge in [-0.1, -0.05) is 23.7 Å². The Morgan fingerprint density at radius 1 is 1.16 bits per heavy atom. The second-order valence-electron chi connectivity index (χ2n) is 6.07. The molecule has 0 spiro atoms. The van der Waals surface area contributed by atoms with E-state index in [0.29, 0.717) is 17.4 Å². The predicted molar refractivity (Wildman–Crippen MR) is 98.2 cm³/mol. The number of hydrogen-bond donors (Lipinski definition) is 1. The molecule has 1 aromatic carbocycles. The fourth-order valence-electron chi connectivity index (χ4n) is 2.58. The molecule has 3 rings (SSSR count). The van der Waals surface area contributed by atoms with Crippen molar-refractivity contribution >= 4 is 23.2 Å². The van der Waals surface area contributed by atoms with Gasteiger partial charge in [-0.3, -0.25) is 9.48 Å². The van der Waals surface area contributed by atoms with Gasteiger partial charge in [-0.2, -0.15) is 10.2 Å². The number of halogens is 1. The van der Waals surface area contributed by atoms with E-state index >= 15 is 0 Å². The third-order valence-electron chi connectivity index (χ3n) is 4.30. The Hall–Kier alpha value is -2.60. The molecule has 3 aromatic rings. The Morgan fingerprint density at radius 2 is 1.92 bits per heavy atom. The van der Waals surface area contributed by atoms with E-state index in [1.807, 2.05) is 45.9 Å². The van der Waals surface area contributed by atoms with Crippen LogP contribution < -0.4 is 5.32 Å². The maximum Gasteiger partial charge on any atom is 0.276 e. The number of rotatable bonds is 4. The molecule has 6 nitrogen and oxygen atoms in total. The number of carbonyl (C=O) groups is 1. The summed E-state index contributed by atoms with van der Waals surface area (Å²) in [5.41, 5.74) is 4.98. The molecule has 2 aromatic heterocycles. The lowest BCUT2D eigenvalue weighted by molar-refractivity contribution is 0.102. The molecule has 7 heteroatoms. The van der Waals surface area contributed by atoms with E-state index in [4.69, 9.17) is 11.6 Å². The van der Waals surface area contributed by atoms with E-state index < -0.39 is 0 Å². The zero-order valence-corrected chi connectivity index (χ0v) is 15.4. The molecule has 0 saturated heterocycles. The highest BCUT2D eigenvalue weighted by Crippen LogP contribution is 2.20. The Labute approximate surface area is 151 Å². The molecule has 0 unspecified atom stereocenters. The standard InChI is InChI=1S/C18H20ClN5O/c1-11-6-5-7-15(12(11)2)20-18(25)16-8-9-23(22-16)10-24-14(4)17(19)13(3)21-24/h5-9H,10H2,1-4H3,(H,20,25). The van der Waals surface area contributed by atoms with Crippen molar-refractivity contribution in [3.63, 3.8) is 0 Å².